The molecule has 1 heterocycles. The van der Waals surface area contributed by atoms with Gasteiger partial charge in [-0.05, 0) is 28.6 Å². The highest BCUT2D eigenvalue weighted by Crippen LogP contribution is 2.21. The van der Waals surface area contributed by atoms with Crippen molar-refractivity contribution in [1.29, 1.82) is 0 Å². The highest BCUT2D eigenvalue weighted by Gasteiger charge is 2.09. The van der Waals surface area contributed by atoms with Crippen LogP contribution in [0.1, 0.15) is 13.3 Å². The second kappa shape index (κ2) is 6.96. The first-order valence-corrected chi connectivity index (χ1v) is 7.35. The van der Waals surface area contributed by atoms with Crippen molar-refractivity contribution >= 4 is 39.5 Å². The standard InChI is InChI=1S/C10H17BrN4S/c1-4-7(6-16-3)14-9-8(11)5-13-10(12-2)15-9/h5,7H,4,6H2,1-3H3,(H2,12,13,14,15). The van der Waals surface area contributed by atoms with E-state index < -0.39 is 0 Å². The van der Waals surface area contributed by atoms with Crippen LogP contribution in [0.3, 0.4) is 0 Å². The molecule has 1 unspecified atom stereocenters. The molecule has 0 amide bonds. The molecule has 0 aliphatic heterocycles. The first-order chi connectivity index (χ1) is 7.71. The zero-order valence-electron chi connectivity index (χ0n) is 9.75. The Morgan fingerprint density at radius 2 is 2.31 bits per heavy atom. The summed E-state index contributed by atoms with van der Waals surface area (Å²) in [6.07, 6.45) is 4.94. The molecular formula is C10H17BrN4S. The van der Waals surface area contributed by atoms with Crippen LogP contribution in [0.25, 0.3) is 0 Å². The predicted molar refractivity (Wildman–Crippen MR) is 75.4 cm³/mol. The summed E-state index contributed by atoms with van der Waals surface area (Å²) in [5, 5.41) is 6.34. The summed E-state index contributed by atoms with van der Waals surface area (Å²) in [5.74, 6) is 2.55. The van der Waals surface area contributed by atoms with Crippen molar-refractivity contribution < 1.29 is 0 Å². The number of hydrogen-bond donors (Lipinski definition) is 2. The van der Waals surface area contributed by atoms with E-state index in [2.05, 4.69) is 49.7 Å². The summed E-state index contributed by atoms with van der Waals surface area (Å²) in [6, 6.07) is 0.436. The molecule has 0 aromatic carbocycles. The van der Waals surface area contributed by atoms with Crippen molar-refractivity contribution in [3.05, 3.63) is 10.7 Å². The summed E-state index contributed by atoms with van der Waals surface area (Å²) < 4.78 is 0.894. The fraction of sp³-hybridized carbons (Fsp3) is 0.600. The molecule has 2 N–H and O–H groups in total. The zero-order valence-corrected chi connectivity index (χ0v) is 12.2. The molecule has 90 valence electrons. The average Bonchev–Trinajstić information content (AvgIpc) is 2.31. The molecule has 1 aromatic heterocycles. The number of anilines is 2. The fourth-order valence-electron chi connectivity index (χ4n) is 1.24. The van der Waals surface area contributed by atoms with Crippen molar-refractivity contribution in [3.8, 4) is 0 Å². The Hall–Kier alpha value is -0.490. The summed E-state index contributed by atoms with van der Waals surface area (Å²) in [7, 11) is 1.81. The maximum atomic E-state index is 4.37. The third kappa shape index (κ3) is 3.83. The third-order valence-corrected chi connectivity index (χ3v) is 3.49. The van der Waals surface area contributed by atoms with Crippen LogP contribution in [0.2, 0.25) is 0 Å². The molecule has 4 nitrogen and oxygen atoms in total. The highest BCUT2D eigenvalue weighted by atomic mass is 79.9. The SMILES string of the molecule is CCC(CSC)Nc1nc(NC)ncc1Br. The molecule has 6 heteroatoms. The van der Waals surface area contributed by atoms with Crippen molar-refractivity contribution in [2.75, 3.05) is 29.7 Å². The predicted octanol–water partition coefficient (Wildman–Crippen LogP) is 2.83. The molecule has 0 saturated carbocycles. The smallest absolute Gasteiger partial charge is 0.224 e. The Bertz CT molecular complexity index is 335. The van der Waals surface area contributed by atoms with Gasteiger partial charge in [0.2, 0.25) is 5.95 Å². The lowest BCUT2D eigenvalue weighted by atomic mass is 10.2. The Balaban J connectivity index is 2.77. The monoisotopic (exact) mass is 304 g/mol. The Labute approximate surface area is 109 Å². The first-order valence-electron chi connectivity index (χ1n) is 5.17. The molecule has 0 aliphatic carbocycles. The van der Waals surface area contributed by atoms with Gasteiger partial charge in [0.05, 0.1) is 4.47 Å². The second-order valence-electron chi connectivity index (χ2n) is 3.35. The number of thioether (sulfide) groups is 1. The normalized spacial score (nSPS) is 12.2. The summed E-state index contributed by atoms with van der Waals surface area (Å²) in [4.78, 5) is 8.49. The van der Waals surface area contributed by atoms with Crippen LogP contribution in [-0.2, 0) is 0 Å². The largest absolute Gasteiger partial charge is 0.365 e. The fourth-order valence-corrected chi connectivity index (χ4v) is 2.27. The molecule has 0 bridgehead atoms. The number of nitrogens with one attached hydrogen (secondary N) is 2. The van der Waals surface area contributed by atoms with Crippen LogP contribution in [0.15, 0.2) is 10.7 Å². The van der Waals surface area contributed by atoms with Crippen LogP contribution < -0.4 is 10.6 Å². The van der Waals surface area contributed by atoms with Crippen LogP contribution in [0, 0.1) is 0 Å². The number of hydrogen-bond acceptors (Lipinski definition) is 5. The molecule has 1 rings (SSSR count). The Kier molecular flexibility index (Phi) is 5.90. The molecule has 0 spiro atoms. The summed E-state index contributed by atoms with van der Waals surface area (Å²) in [5.41, 5.74) is 0. The van der Waals surface area contributed by atoms with Crippen LogP contribution in [-0.4, -0.2) is 35.1 Å². The van der Waals surface area contributed by atoms with Crippen LogP contribution >= 0.6 is 27.7 Å². The van der Waals surface area contributed by atoms with Gasteiger partial charge in [-0.3, -0.25) is 0 Å². The van der Waals surface area contributed by atoms with E-state index in [-0.39, 0.29) is 0 Å². The quantitative estimate of drug-likeness (QED) is 0.846. The number of aromatic nitrogens is 2. The molecule has 0 fully saturated rings. The minimum atomic E-state index is 0.436. The van der Waals surface area contributed by atoms with E-state index in [1.54, 1.807) is 6.20 Å². The van der Waals surface area contributed by atoms with E-state index in [4.69, 9.17) is 0 Å². The lowest BCUT2D eigenvalue weighted by Gasteiger charge is -2.17. The summed E-state index contributed by atoms with van der Waals surface area (Å²) >= 11 is 5.28. The van der Waals surface area contributed by atoms with Crippen molar-refractivity contribution in [2.24, 2.45) is 0 Å². The van der Waals surface area contributed by atoms with E-state index in [0.29, 0.717) is 12.0 Å². The van der Waals surface area contributed by atoms with E-state index in [1.807, 2.05) is 18.8 Å². The van der Waals surface area contributed by atoms with Crippen molar-refractivity contribution in [2.45, 2.75) is 19.4 Å². The maximum Gasteiger partial charge on any atom is 0.224 e. The minimum Gasteiger partial charge on any atom is -0.365 e. The average molecular weight is 305 g/mol. The van der Waals surface area contributed by atoms with E-state index >= 15 is 0 Å². The molecule has 1 atom stereocenters. The van der Waals surface area contributed by atoms with Gasteiger partial charge in [-0.2, -0.15) is 16.7 Å². The minimum absolute atomic E-state index is 0.436. The molecular weight excluding hydrogens is 288 g/mol. The van der Waals surface area contributed by atoms with Crippen LogP contribution in [0.5, 0.6) is 0 Å². The summed E-state index contributed by atoms with van der Waals surface area (Å²) in [6.45, 7) is 2.17. The van der Waals surface area contributed by atoms with Crippen molar-refractivity contribution in [1.82, 2.24) is 9.97 Å². The second-order valence-corrected chi connectivity index (χ2v) is 5.11. The van der Waals surface area contributed by atoms with Gasteiger partial charge in [-0.15, -0.1) is 0 Å². The number of nitrogens with zero attached hydrogens (tertiary/aromatic N) is 2. The van der Waals surface area contributed by atoms with Gasteiger partial charge in [-0.25, -0.2) is 4.98 Å². The number of rotatable bonds is 6. The molecule has 0 saturated heterocycles. The van der Waals surface area contributed by atoms with Crippen molar-refractivity contribution in [3.63, 3.8) is 0 Å². The highest BCUT2D eigenvalue weighted by molar-refractivity contribution is 9.10. The Morgan fingerprint density at radius 1 is 1.56 bits per heavy atom. The number of halogens is 1. The topological polar surface area (TPSA) is 49.8 Å². The Morgan fingerprint density at radius 3 is 2.88 bits per heavy atom. The lowest BCUT2D eigenvalue weighted by Crippen LogP contribution is -2.22. The maximum absolute atomic E-state index is 4.37. The van der Waals surface area contributed by atoms with E-state index in [0.717, 1.165) is 22.5 Å². The van der Waals surface area contributed by atoms with Gasteiger partial charge in [0, 0.05) is 25.0 Å². The van der Waals surface area contributed by atoms with E-state index in [9.17, 15) is 0 Å². The molecule has 0 aliphatic rings. The lowest BCUT2D eigenvalue weighted by molar-refractivity contribution is 0.768. The third-order valence-electron chi connectivity index (χ3n) is 2.17. The van der Waals surface area contributed by atoms with Gasteiger partial charge in [0.1, 0.15) is 5.82 Å². The molecule has 1 aromatic rings. The first kappa shape index (κ1) is 13.6. The zero-order chi connectivity index (χ0) is 12.0. The van der Waals surface area contributed by atoms with E-state index in [1.165, 1.54) is 0 Å². The van der Waals surface area contributed by atoms with Gasteiger partial charge in [0.25, 0.3) is 0 Å². The van der Waals surface area contributed by atoms with Gasteiger partial charge < -0.3 is 10.6 Å². The molecule has 16 heavy (non-hydrogen) atoms. The van der Waals surface area contributed by atoms with Gasteiger partial charge in [0.15, 0.2) is 0 Å². The van der Waals surface area contributed by atoms with Gasteiger partial charge >= 0.3 is 0 Å². The van der Waals surface area contributed by atoms with Crippen LogP contribution in [0.4, 0.5) is 11.8 Å². The van der Waals surface area contributed by atoms with Gasteiger partial charge in [-0.1, -0.05) is 6.92 Å². The molecule has 0 radical (unpaired) electrons.